The highest BCUT2D eigenvalue weighted by Crippen LogP contribution is 2.58. The number of nitrogens with zero attached hydrogens (tertiary/aromatic N) is 1. The SMILES string of the molecule is c1ccc(C2(c3ccccc3)c3ccccc3Sc3ccc(N(c4ccc(C5(c6ccccc6)c6ccccc6-c6ccccc65)cc4)c4ccc5c(c4)oc4ccccc45)cc32)cc1. The number of rotatable bonds is 7. The third kappa shape index (κ3) is 5.56. The van der Waals surface area contributed by atoms with Gasteiger partial charge in [-0.3, -0.25) is 0 Å². The molecule has 1 aliphatic carbocycles. The maximum atomic E-state index is 6.58. The minimum Gasteiger partial charge on any atom is -0.456 e. The molecular formula is C62H41NOS. The maximum absolute atomic E-state index is 6.58. The van der Waals surface area contributed by atoms with Crippen LogP contribution in [0.25, 0.3) is 33.1 Å². The Hall–Kier alpha value is -7.85. The van der Waals surface area contributed by atoms with E-state index in [0.717, 1.165) is 39.0 Å². The first-order valence-corrected chi connectivity index (χ1v) is 23.1. The van der Waals surface area contributed by atoms with Crippen molar-refractivity contribution < 1.29 is 4.42 Å². The summed E-state index contributed by atoms with van der Waals surface area (Å²) < 4.78 is 6.58. The Balaban J connectivity index is 1.05. The van der Waals surface area contributed by atoms with Crippen LogP contribution in [0.2, 0.25) is 0 Å². The number of para-hydroxylation sites is 1. The first kappa shape index (κ1) is 37.7. The third-order valence-corrected chi connectivity index (χ3v) is 15.0. The fourth-order valence-electron chi connectivity index (χ4n) is 11.2. The average Bonchev–Trinajstić information content (AvgIpc) is 3.90. The molecule has 0 radical (unpaired) electrons. The van der Waals surface area contributed by atoms with Gasteiger partial charge >= 0.3 is 0 Å². The Bertz CT molecular complexity index is 3490. The van der Waals surface area contributed by atoms with Crippen LogP contribution in [0.5, 0.6) is 0 Å². The molecule has 1 aromatic heterocycles. The number of hydrogen-bond acceptors (Lipinski definition) is 3. The van der Waals surface area contributed by atoms with Gasteiger partial charge in [0, 0.05) is 43.7 Å². The smallest absolute Gasteiger partial charge is 0.137 e. The van der Waals surface area contributed by atoms with Gasteiger partial charge in [-0.25, -0.2) is 0 Å². The van der Waals surface area contributed by atoms with Gasteiger partial charge in [-0.2, -0.15) is 0 Å². The lowest BCUT2D eigenvalue weighted by Crippen LogP contribution is -2.34. The average molecular weight is 848 g/mol. The fourth-order valence-corrected chi connectivity index (χ4v) is 12.4. The molecule has 3 heteroatoms. The van der Waals surface area contributed by atoms with Gasteiger partial charge in [0.1, 0.15) is 11.2 Å². The molecule has 2 heterocycles. The molecular weight excluding hydrogens is 807 g/mol. The van der Waals surface area contributed by atoms with E-state index in [2.05, 4.69) is 248 Å². The molecule has 0 N–H and O–H groups in total. The molecule has 0 fully saturated rings. The van der Waals surface area contributed by atoms with E-state index in [1.165, 1.54) is 65.4 Å². The van der Waals surface area contributed by atoms with E-state index in [-0.39, 0.29) is 0 Å². The van der Waals surface area contributed by atoms with Crippen LogP contribution in [-0.4, -0.2) is 0 Å². The number of fused-ring (bicyclic) bond motifs is 8. The number of furan rings is 1. The number of anilines is 3. The summed E-state index contributed by atoms with van der Waals surface area (Å²) in [5.41, 5.74) is 16.5. The second kappa shape index (κ2) is 14.9. The summed E-state index contributed by atoms with van der Waals surface area (Å²) in [6.07, 6.45) is 0. The second-order valence-corrected chi connectivity index (χ2v) is 18.2. The van der Waals surface area contributed by atoms with E-state index < -0.39 is 10.8 Å². The van der Waals surface area contributed by atoms with Gasteiger partial charge in [0.25, 0.3) is 0 Å². The highest BCUT2D eigenvalue weighted by Gasteiger charge is 2.47. The Labute approximate surface area is 383 Å². The minimum atomic E-state index is -0.570. The Kier molecular flexibility index (Phi) is 8.62. The van der Waals surface area contributed by atoms with Gasteiger partial charge in [0.15, 0.2) is 0 Å². The molecule has 0 unspecified atom stereocenters. The van der Waals surface area contributed by atoms with E-state index in [9.17, 15) is 0 Å². The Morgan fingerprint density at radius 1 is 0.308 bits per heavy atom. The molecule has 2 aliphatic rings. The zero-order valence-corrected chi connectivity index (χ0v) is 36.3. The van der Waals surface area contributed by atoms with Gasteiger partial charge in [-0.1, -0.05) is 200 Å². The fraction of sp³-hybridized carbons (Fsp3) is 0.0323. The summed E-state index contributed by atoms with van der Waals surface area (Å²) in [6.45, 7) is 0. The normalized spacial score (nSPS) is 14.0. The maximum Gasteiger partial charge on any atom is 0.137 e. The van der Waals surface area contributed by atoms with Crippen LogP contribution in [0.1, 0.15) is 44.5 Å². The van der Waals surface area contributed by atoms with E-state index in [1.807, 2.05) is 17.8 Å². The van der Waals surface area contributed by atoms with E-state index >= 15 is 0 Å². The van der Waals surface area contributed by atoms with Crippen molar-refractivity contribution in [3.05, 3.63) is 293 Å². The van der Waals surface area contributed by atoms with Gasteiger partial charge in [0.05, 0.1) is 10.8 Å². The van der Waals surface area contributed by atoms with Gasteiger partial charge in [-0.05, 0) is 110 Å². The lowest BCUT2D eigenvalue weighted by Gasteiger charge is -2.42. The van der Waals surface area contributed by atoms with Crippen LogP contribution in [0.4, 0.5) is 17.1 Å². The summed E-state index contributed by atoms with van der Waals surface area (Å²) in [5, 5.41) is 2.22. The zero-order chi connectivity index (χ0) is 43.0. The summed E-state index contributed by atoms with van der Waals surface area (Å²) >= 11 is 1.86. The molecule has 0 bridgehead atoms. The Morgan fingerprint density at radius 3 is 1.40 bits per heavy atom. The van der Waals surface area contributed by atoms with Gasteiger partial charge in [0.2, 0.25) is 0 Å². The molecule has 0 saturated carbocycles. The second-order valence-electron chi connectivity index (χ2n) is 17.1. The largest absolute Gasteiger partial charge is 0.456 e. The molecule has 1 aliphatic heterocycles. The van der Waals surface area contributed by atoms with E-state index in [1.54, 1.807) is 0 Å². The van der Waals surface area contributed by atoms with Crippen molar-refractivity contribution in [1.29, 1.82) is 0 Å². The highest BCUT2D eigenvalue weighted by atomic mass is 32.2. The summed E-state index contributed by atoms with van der Waals surface area (Å²) in [6, 6.07) is 91.4. The quantitative estimate of drug-likeness (QED) is 0.159. The molecule has 65 heavy (non-hydrogen) atoms. The topological polar surface area (TPSA) is 16.4 Å². The summed E-state index contributed by atoms with van der Waals surface area (Å²) in [5.74, 6) is 0. The molecule has 0 spiro atoms. The lowest BCUT2D eigenvalue weighted by molar-refractivity contribution is 0.669. The van der Waals surface area contributed by atoms with Crippen LogP contribution < -0.4 is 4.90 Å². The molecule has 306 valence electrons. The monoisotopic (exact) mass is 847 g/mol. The first-order chi connectivity index (χ1) is 32.2. The van der Waals surface area contributed by atoms with Crippen LogP contribution in [0.3, 0.4) is 0 Å². The predicted molar refractivity (Wildman–Crippen MR) is 268 cm³/mol. The number of benzene rings is 10. The van der Waals surface area contributed by atoms with Crippen molar-refractivity contribution in [2.75, 3.05) is 4.90 Å². The predicted octanol–water partition coefficient (Wildman–Crippen LogP) is 16.3. The van der Waals surface area contributed by atoms with Crippen molar-refractivity contribution in [2.24, 2.45) is 0 Å². The van der Waals surface area contributed by atoms with E-state index in [4.69, 9.17) is 4.42 Å². The molecule has 0 amide bonds. The number of hydrogen-bond donors (Lipinski definition) is 0. The standard InChI is InChI=1S/C62H41NOS/c1-4-18-42(19-5-1)61(53-27-13-10-24-49(53)50-25-11-14-28-54(50)61)45-32-34-46(35-33-45)63(48-36-38-52-51-26-12-16-30-57(51)64-58(52)41-48)47-37-39-60-56(40-47)62(43-20-6-2-7-21-43,44-22-8-3-9-23-44)55-29-15-17-31-59(55)65-60/h1-41H. The van der Waals surface area contributed by atoms with Crippen molar-refractivity contribution in [1.82, 2.24) is 0 Å². The summed E-state index contributed by atoms with van der Waals surface area (Å²) in [4.78, 5) is 4.92. The highest BCUT2D eigenvalue weighted by molar-refractivity contribution is 7.99. The van der Waals surface area contributed by atoms with Gasteiger partial charge < -0.3 is 9.32 Å². The minimum absolute atomic E-state index is 0.494. The van der Waals surface area contributed by atoms with Crippen molar-refractivity contribution in [3.8, 4) is 11.1 Å². The molecule has 11 aromatic rings. The van der Waals surface area contributed by atoms with Crippen LogP contribution >= 0.6 is 11.8 Å². The van der Waals surface area contributed by atoms with Crippen molar-refractivity contribution in [3.63, 3.8) is 0 Å². The molecule has 0 atom stereocenters. The molecule has 10 aromatic carbocycles. The third-order valence-electron chi connectivity index (χ3n) is 13.9. The van der Waals surface area contributed by atoms with Gasteiger partial charge in [-0.15, -0.1) is 0 Å². The summed E-state index contributed by atoms with van der Waals surface area (Å²) in [7, 11) is 0. The van der Waals surface area contributed by atoms with Crippen molar-refractivity contribution >= 4 is 50.8 Å². The van der Waals surface area contributed by atoms with Crippen LogP contribution in [-0.2, 0) is 10.8 Å². The molecule has 0 saturated heterocycles. The molecule has 13 rings (SSSR count). The first-order valence-electron chi connectivity index (χ1n) is 22.3. The Morgan fingerprint density at radius 2 is 0.754 bits per heavy atom. The lowest BCUT2D eigenvalue weighted by atomic mass is 9.64. The van der Waals surface area contributed by atoms with Crippen molar-refractivity contribution in [2.45, 2.75) is 20.6 Å². The van der Waals surface area contributed by atoms with Crippen LogP contribution in [0, 0.1) is 0 Å². The molecule has 2 nitrogen and oxygen atoms in total. The van der Waals surface area contributed by atoms with Crippen LogP contribution in [0.15, 0.2) is 263 Å². The van der Waals surface area contributed by atoms with E-state index in [0.29, 0.717) is 0 Å². The zero-order valence-electron chi connectivity index (χ0n) is 35.4.